The van der Waals surface area contributed by atoms with Crippen molar-refractivity contribution in [2.45, 2.75) is 234 Å². The monoisotopic (exact) mass is 1030 g/mol. The number of ether oxygens (including phenoxy) is 8. The standard InChI is InChI=1S/C51H86O21/c1-22(2)7-6-8-23(3)27-11-12-28-26-10-9-24-17-25(13-15-50(24,4)29(26)14-16-51(27,28)5)66-47-43(64)39(60)45(32(20-54)69-47)72-49-41(62)37(58)35(56)33(70-49)21-65-46-42(63)38(59)44(31(19-53)68-46)71-48-40(61)36(57)34(55)30(18-52)67-48/h9,22-23,25-49,52-64H,6-8,10-21H2,1-5H3/t23-,25+,26+,27-,28+,29+,30-,31-,32-,33-,34-,35-,36+,37+,38-,39-,40-,41-,42-,43-,44-,45-,46-,47-,48?,49-,50+,51?/m1/s1. The third kappa shape index (κ3) is 11.0. The highest BCUT2D eigenvalue weighted by Gasteiger charge is 2.60. The van der Waals surface area contributed by atoms with Crippen LogP contribution >= 0.6 is 0 Å². The van der Waals surface area contributed by atoms with E-state index in [0.29, 0.717) is 30.1 Å². The first-order valence-corrected chi connectivity index (χ1v) is 26.7. The highest BCUT2D eigenvalue weighted by Crippen LogP contribution is 2.67. The molecule has 28 atom stereocenters. The molecule has 0 radical (unpaired) electrons. The normalized spacial score (nSPS) is 51.3. The van der Waals surface area contributed by atoms with E-state index in [1.54, 1.807) is 0 Å². The molecule has 0 spiro atoms. The Hall–Kier alpha value is -1.10. The molecule has 0 aromatic heterocycles. The lowest BCUT2D eigenvalue weighted by molar-refractivity contribution is -0.374. The SMILES string of the molecule is CC(C)CCC[C@@H](C)[C@H]1CC[C@H]2[C@@H]3CC=C4C[C@@H](O[C@@H]5O[C@H](CO)[C@@H](O[C@H]6O[C@H](CO[C@@H]7O[C@H](CO)[C@@H](OC8O[C@H](CO)[C@@H](O)[C@H](O)[C@H]8O)[C@H](O)[C@H]7O)[C@@H](O)[C@H](O)[C@H]6O)[C@H](O)[C@H]5O)CC[C@]4(C)[C@H]3CCC12C. The molecule has 13 N–H and O–H groups in total. The Labute approximate surface area is 421 Å². The van der Waals surface area contributed by atoms with Crippen LogP contribution in [-0.4, -0.2) is 222 Å². The van der Waals surface area contributed by atoms with Crippen molar-refractivity contribution in [1.82, 2.24) is 0 Å². The Balaban J connectivity index is 0.848. The number of allylic oxidation sites excluding steroid dienone is 1. The second kappa shape index (κ2) is 23.5. The zero-order valence-corrected chi connectivity index (χ0v) is 42.4. The summed E-state index contributed by atoms with van der Waals surface area (Å²) in [7, 11) is 0. The van der Waals surface area contributed by atoms with Crippen LogP contribution in [0.4, 0.5) is 0 Å². The minimum Gasteiger partial charge on any atom is -0.394 e. The van der Waals surface area contributed by atoms with Crippen molar-refractivity contribution in [3.63, 3.8) is 0 Å². The van der Waals surface area contributed by atoms with Crippen molar-refractivity contribution in [1.29, 1.82) is 0 Å². The van der Waals surface area contributed by atoms with E-state index in [2.05, 4.69) is 40.7 Å². The molecule has 21 nitrogen and oxygen atoms in total. The number of rotatable bonds is 17. The first-order chi connectivity index (χ1) is 34.2. The summed E-state index contributed by atoms with van der Waals surface area (Å²) in [6.45, 7) is 9.12. The predicted molar refractivity (Wildman–Crippen MR) is 250 cm³/mol. The van der Waals surface area contributed by atoms with E-state index in [4.69, 9.17) is 37.9 Å². The van der Waals surface area contributed by atoms with E-state index in [0.717, 1.165) is 36.5 Å². The van der Waals surface area contributed by atoms with Crippen LogP contribution in [0.25, 0.3) is 0 Å². The van der Waals surface area contributed by atoms with Crippen LogP contribution < -0.4 is 0 Å². The van der Waals surface area contributed by atoms with Gasteiger partial charge < -0.3 is 104 Å². The fourth-order valence-corrected chi connectivity index (χ4v) is 14.5. The van der Waals surface area contributed by atoms with E-state index in [9.17, 15) is 66.4 Å². The first kappa shape index (κ1) is 57.1. The van der Waals surface area contributed by atoms with E-state index in [1.807, 2.05) is 0 Å². The average Bonchev–Trinajstić information content (AvgIpc) is 3.72. The molecule has 8 aliphatic rings. The van der Waals surface area contributed by atoms with Gasteiger partial charge in [-0.25, -0.2) is 0 Å². The molecule has 0 amide bonds. The Morgan fingerprint density at radius 2 is 1.08 bits per heavy atom. The molecule has 21 heteroatoms. The van der Waals surface area contributed by atoms with Gasteiger partial charge in [0, 0.05) is 0 Å². The molecular weight excluding hydrogens is 949 g/mol. The van der Waals surface area contributed by atoms with Gasteiger partial charge in [-0.15, -0.1) is 0 Å². The average molecular weight is 1040 g/mol. The molecular formula is C51H86O21. The number of aliphatic hydroxyl groups is 13. The number of hydrogen-bond donors (Lipinski definition) is 13. The molecule has 72 heavy (non-hydrogen) atoms. The maximum absolute atomic E-state index is 11.5. The summed E-state index contributed by atoms with van der Waals surface area (Å²) in [5.41, 5.74) is 1.78. The molecule has 0 aromatic carbocycles. The van der Waals surface area contributed by atoms with Crippen molar-refractivity contribution in [2.24, 2.45) is 46.3 Å². The summed E-state index contributed by atoms with van der Waals surface area (Å²) >= 11 is 0. The predicted octanol–water partition coefficient (Wildman–Crippen LogP) is -1.31. The molecule has 0 bridgehead atoms. The van der Waals surface area contributed by atoms with Gasteiger partial charge in [0.2, 0.25) is 0 Å². The van der Waals surface area contributed by atoms with E-state index in [1.165, 1.54) is 50.5 Å². The van der Waals surface area contributed by atoms with Crippen molar-refractivity contribution in [3.05, 3.63) is 11.6 Å². The van der Waals surface area contributed by atoms with Gasteiger partial charge in [0.25, 0.3) is 0 Å². The molecule has 416 valence electrons. The molecule has 4 saturated heterocycles. The van der Waals surface area contributed by atoms with Crippen LogP contribution in [0.1, 0.15) is 105 Å². The summed E-state index contributed by atoms with van der Waals surface area (Å²) in [5, 5.41) is 139. The fourth-order valence-electron chi connectivity index (χ4n) is 14.5. The van der Waals surface area contributed by atoms with Gasteiger partial charge in [-0.05, 0) is 97.7 Å². The van der Waals surface area contributed by atoms with Crippen molar-refractivity contribution in [3.8, 4) is 0 Å². The second-order valence-corrected chi connectivity index (χ2v) is 23.5. The zero-order chi connectivity index (χ0) is 52.1. The Bertz CT molecular complexity index is 1770. The Morgan fingerprint density at radius 3 is 1.68 bits per heavy atom. The highest BCUT2D eigenvalue weighted by molar-refractivity contribution is 5.25. The molecule has 4 heterocycles. The molecule has 4 aliphatic heterocycles. The molecule has 3 saturated carbocycles. The van der Waals surface area contributed by atoms with Gasteiger partial charge in [-0.3, -0.25) is 0 Å². The lowest BCUT2D eigenvalue weighted by Gasteiger charge is -2.58. The van der Waals surface area contributed by atoms with Crippen molar-refractivity contribution in [2.75, 3.05) is 26.4 Å². The van der Waals surface area contributed by atoms with Crippen LogP contribution in [0.3, 0.4) is 0 Å². The lowest BCUT2D eigenvalue weighted by Crippen LogP contribution is -2.66. The number of aliphatic hydroxyl groups excluding tert-OH is 13. The third-order valence-corrected chi connectivity index (χ3v) is 18.8. The fraction of sp³-hybridized carbons (Fsp3) is 0.961. The van der Waals surface area contributed by atoms with Crippen LogP contribution in [0.2, 0.25) is 0 Å². The van der Waals surface area contributed by atoms with Gasteiger partial charge in [0.05, 0.1) is 32.5 Å². The van der Waals surface area contributed by atoms with Crippen molar-refractivity contribution >= 4 is 0 Å². The third-order valence-electron chi connectivity index (χ3n) is 18.8. The zero-order valence-electron chi connectivity index (χ0n) is 42.4. The van der Waals surface area contributed by atoms with Gasteiger partial charge in [0.1, 0.15) is 97.7 Å². The highest BCUT2D eigenvalue weighted by atomic mass is 16.8. The first-order valence-electron chi connectivity index (χ1n) is 26.7. The van der Waals surface area contributed by atoms with Gasteiger partial charge >= 0.3 is 0 Å². The van der Waals surface area contributed by atoms with Gasteiger partial charge in [0.15, 0.2) is 25.2 Å². The molecule has 2 unspecified atom stereocenters. The summed E-state index contributed by atoms with van der Waals surface area (Å²) in [4.78, 5) is 0. The van der Waals surface area contributed by atoms with E-state index >= 15 is 0 Å². The maximum Gasteiger partial charge on any atom is 0.187 e. The number of fused-ring (bicyclic) bond motifs is 5. The van der Waals surface area contributed by atoms with Crippen LogP contribution in [0, 0.1) is 46.3 Å². The topological polar surface area (TPSA) is 337 Å². The van der Waals surface area contributed by atoms with Crippen LogP contribution in [-0.2, 0) is 37.9 Å². The molecule has 0 aromatic rings. The van der Waals surface area contributed by atoms with Crippen LogP contribution in [0.15, 0.2) is 11.6 Å². The Kier molecular flexibility index (Phi) is 18.6. The lowest BCUT2D eigenvalue weighted by atomic mass is 9.47. The summed E-state index contributed by atoms with van der Waals surface area (Å²) < 4.78 is 46.4. The van der Waals surface area contributed by atoms with Crippen molar-refractivity contribution < 1.29 is 104 Å². The summed E-state index contributed by atoms with van der Waals surface area (Å²) in [5.74, 6) is 4.22. The van der Waals surface area contributed by atoms with E-state index in [-0.39, 0.29) is 11.5 Å². The minimum absolute atomic E-state index is 0.0373. The molecule has 4 aliphatic carbocycles. The largest absolute Gasteiger partial charge is 0.394 e. The minimum atomic E-state index is -1.93. The summed E-state index contributed by atoms with van der Waals surface area (Å²) in [6.07, 6.45) is -19.3. The molecule has 7 fully saturated rings. The number of hydrogen-bond acceptors (Lipinski definition) is 21. The summed E-state index contributed by atoms with van der Waals surface area (Å²) in [6, 6.07) is 0. The smallest absolute Gasteiger partial charge is 0.187 e. The molecule has 8 rings (SSSR count). The van der Waals surface area contributed by atoms with Gasteiger partial charge in [-0.2, -0.15) is 0 Å². The quantitative estimate of drug-likeness (QED) is 0.0752. The van der Waals surface area contributed by atoms with E-state index < -0.39 is 149 Å². The Morgan fingerprint density at radius 1 is 0.556 bits per heavy atom. The maximum atomic E-state index is 11.5. The van der Waals surface area contributed by atoms with Crippen LogP contribution in [0.5, 0.6) is 0 Å². The second-order valence-electron chi connectivity index (χ2n) is 23.5. The van der Waals surface area contributed by atoms with Gasteiger partial charge in [-0.1, -0.05) is 65.5 Å².